The number of carbonyl (C=O) groups is 1. The zero-order chi connectivity index (χ0) is 22.5. The summed E-state index contributed by atoms with van der Waals surface area (Å²) in [5.41, 5.74) is 4.62. The molecule has 5 rings (SSSR count). The monoisotopic (exact) mass is 498 g/mol. The van der Waals surface area contributed by atoms with Gasteiger partial charge >= 0.3 is 0 Å². The first kappa shape index (κ1) is 21.0. The third kappa shape index (κ3) is 3.46. The number of carbonyl (C=O) groups excluding carboxylic acids is 1. The van der Waals surface area contributed by atoms with Crippen molar-refractivity contribution in [2.24, 2.45) is 0 Å². The lowest BCUT2D eigenvalue weighted by atomic mass is 9.91. The molecule has 3 N–H and O–H groups in total. The van der Waals surface area contributed by atoms with Gasteiger partial charge in [0.1, 0.15) is 23.2 Å². The number of piperidine rings is 1. The maximum atomic E-state index is 13.4. The maximum Gasteiger partial charge on any atom is 0.245 e. The average Bonchev–Trinajstić information content (AvgIpc) is 3.25. The van der Waals surface area contributed by atoms with E-state index in [0.29, 0.717) is 19.5 Å². The van der Waals surface area contributed by atoms with E-state index in [0.717, 1.165) is 57.0 Å². The number of amides is 1. The molecule has 1 saturated heterocycles. The van der Waals surface area contributed by atoms with Crippen LogP contribution in [-0.4, -0.2) is 49.8 Å². The maximum absolute atomic E-state index is 13.4. The quantitative estimate of drug-likeness (QED) is 0.597. The summed E-state index contributed by atoms with van der Waals surface area (Å²) in [7, 11) is 3.29. The van der Waals surface area contributed by atoms with Crippen LogP contribution < -0.4 is 25.4 Å². The van der Waals surface area contributed by atoms with Crippen LogP contribution in [0.2, 0.25) is 0 Å². The summed E-state index contributed by atoms with van der Waals surface area (Å²) in [6.45, 7) is 5.57. The summed E-state index contributed by atoms with van der Waals surface area (Å²) >= 11 is 3.53. The molecule has 1 amide bonds. The molecule has 168 valence electrons. The Morgan fingerprint density at radius 3 is 2.56 bits per heavy atom. The molecule has 1 spiro atoms. The van der Waals surface area contributed by atoms with Gasteiger partial charge in [-0.3, -0.25) is 4.79 Å². The molecule has 2 aromatic rings. The second-order valence-corrected chi connectivity index (χ2v) is 9.47. The molecule has 7 nitrogen and oxygen atoms in total. The zero-order valence-corrected chi connectivity index (χ0v) is 19.8. The van der Waals surface area contributed by atoms with Crippen molar-refractivity contribution >= 4 is 38.9 Å². The van der Waals surface area contributed by atoms with Crippen molar-refractivity contribution in [2.45, 2.75) is 31.0 Å². The lowest BCUT2D eigenvalue weighted by Gasteiger charge is -2.47. The standard InChI is InChI=1S/C24H27BrN4O3/c1-14-16-12-15(25)4-5-18(16)28-24(27-14)8-10-29(11-9-24)23(30)19-13-17-20(31-2)6-7-21(32-3)22(17)26-19/h4-7,12,19,26-28H,1,8-11,13H2,2-3H3. The molecule has 8 heteroatoms. The summed E-state index contributed by atoms with van der Waals surface area (Å²) < 4.78 is 12.0. The Bertz CT molecular complexity index is 1060. The minimum atomic E-state index is -0.315. The first-order chi connectivity index (χ1) is 15.4. The van der Waals surface area contributed by atoms with Gasteiger partial charge < -0.3 is 30.3 Å². The van der Waals surface area contributed by atoms with Gasteiger partial charge in [0.2, 0.25) is 5.91 Å². The van der Waals surface area contributed by atoms with E-state index in [-0.39, 0.29) is 17.6 Å². The minimum absolute atomic E-state index is 0.110. The fourth-order valence-electron chi connectivity index (χ4n) is 5.01. The summed E-state index contributed by atoms with van der Waals surface area (Å²) in [5.74, 6) is 1.62. The molecular formula is C24H27BrN4O3. The van der Waals surface area contributed by atoms with E-state index in [9.17, 15) is 4.79 Å². The van der Waals surface area contributed by atoms with Gasteiger partial charge in [0, 0.05) is 59.3 Å². The molecule has 0 bridgehead atoms. The number of methoxy groups -OCH3 is 2. The van der Waals surface area contributed by atoms with Crippen LogP contribution in [0.3, 0.4) is 0 Å². The SMILES string of the molecule is C=C1NC2(CCN(C(=O)C3Cc4c(OC)ccc(OC)c4N3)CC2)Nc2ccc(Br)cc21. The van der Waals surface area contributed by atoms with Crippen molar-refractivity contribution in [2.75, 3.05) is 37.9 Å². The third-order valence-corrected chi connectivity index (χ3v) is 7.19. The highest BCUT2D eigenvalue weighted by Gasteiger charge is 2.41. The lowest BCUT2D eigenvalue weighted by molar-refractivity contribution is -0.133. The van der Waals surface area contributed by atoms with Crippen LogP contribution in [0.5, 0.6) is 11.5 Å². The van der Waals surface area contributed by atoms with Gasteiger partial charge in [-0.1, -0.05) is 22.5 Å². The number of likely N-dealkylation sites (tertiary alicyclic amines) is 1. The van der Waals surface area contributed by atoms with E-state index in [2.05, 4.69) is 50.6 Å². The van der Waals surface area contributed by atoms with Crippen LogP contribution in [0.1, 0.15) is 24.0 Å². The van der Waals surface area contributed by atoms with E-state index in [1.807, 2.05) is 23.1 Å². The zero-order valence-electron chi connectivity index (χ0n) is 18.3. The normalized spacial score (nSPS) is 20.5. The Morgan fingerprint density at radius 1 is 1.12 bits per heavy atom. The average molecular weight is 499 g/mol. The molecule has 0 radical (unpaired) electrons. The molecule has 1 unspecified atom stereocenters. The number of anilines is 2. The van der Waals surface area contributed by atoms with E-state index >= 15 is 0 Å². The molecule has 0 aromatic heterocycles. The van der Waals surface area contributed by atoms with Crippen molar-refractivity contribution in [3.05, 3.63) is 52.5 Å². The van der Waals surface area contributed by atoms with Crippen molar-refractivity contribution < 1.29 is 14.3 Å². The fourth-order valence-corrected chi connectivity index (χ4v) is 5.37. The number of ether oxygens (including phenoxy) is 2. The molecule has 0 saturated carbocycles. The number of benzene rings is 2. The third-order valence-electron chi connectivity index (χ3n) is 6.70. The number of hydrogen-bond acceptors (Lipinski definition) is 6. The van der Waals surface area contributed by atoms with Gasteiger partial charge in [0.05, 0.1) is 19.9 Å². The minimum Gasteiger partial charge on any atom is -0.496 e. The van der Waals surface area contributed by atoms with E-state index < -0.39 is 0 Å². The van der Waals surface area contributed by atoms with Gasteiger partial charge in [-0.15, -0.1) is 0 Å². The first-order valence-corrected chi connectivity index (χ1v) is 11.6. The predicted molar refractivity (Wildman–Crippen MR) is 129 cm³/mol. The van der Waals surface area contributed by atoms with Gasteiger partial charge in [0.25, 0.3) is 0 Å². The fraction of sp³-hybridized carbons (Fsp3) is 0.375. The number of nitrogens with zero attached hydrogens (tertiary/aromatic N) is 1. The topological polar surface area (TPSA) is 74.9 Å². The lowest BCUT2D eigenvalue weighted by Crippen LogP contribution is -2.61. The van der Waals surface area contributed by atoms with Crippen LogP contribution in [0, 0.1) is 0 Å². The van der Waals surface area contributed by atoms with Crippen molar-refractivity contribution in [3.63, 3.8) is 0 Å². The molecule has 3 aliphatic heterocycles. The highest BCUT2D eigenvalue weighted by molar-refractivity contribution is 9.10. The van der Waals surface area contributed by atoms with Crippen molar-refractivity contribution in [3.8, 4) is 11.5 Å². The van der Waals surface area contributed by atoms with Crippen LogP contribution in [0.25, 0.3) is 5.70 Å². The molecule has 1 fully saturated rings. The Balaban J connectivity index is 1.28. The second-order valence-electron chi connectivity index (χ2n) is 8.55. The predicted octanol–water partition coefficient (Wildman–Crippen LogP) is 3.81. The number of fused-ring (bicyclic) bond motifs is 2. The van der Waals surface area contributed by atoms with Crippen molar-refractivity contribution in [1.82, 2.24) is 10.2 Å². The molecule has 0 aliphatic carbocycles. The smallest absolute Gasteiger partial charge is 0.245 e. The van der Waals surface area contributed by atoms with Crippen LogP contribution in [0.4, 0.5) is 11.4 Å². The van der Waals surface area contributed by atoms with E-state index in [1.54, 1.807) is 14.2 Å². The van der Waals surface area contributed by atoms with Gasteiger partial charge in [0.15, 0.2) is 0 Å². The summed E-state index contributed by atoms with van der Waals surface area (Å²) in [6.07, 6.45) is 2.17. The number of halogens is 1. The van der Waals surface area contributed by atoms with Crippen LogP contribution >= 0.6 is 15.9 Å². The largest absolute Gasteiger partial charge is 0.496 e. The van der Waals surface area contributed by atoms with E-state index in [4.69, 9.17) is 9.47 Å². The molecule has 32 heavy (non-hydrogen) atoms. The first-order valence-electron chi connectivity index (χ1n) is 10.8. The van der Waals surface area contributed by atoms with Crippen molar-refractivity contribution in [1.29, 1.82) is 0 Å². The summed E-state index contributed by atoms with van der Waals surface area (Å²) in [6, 6.07) is 9.61. The number of hydrogen-bond donors (Lipinski definition) is 3. The summed E-state index contributed by atoms with van der Waals surface area (Å²) in [5, 5.41) is 10.6. The van der Waals surface area contributed by atoms with Gasteiger partial charge in [-0.05, 0) is 30.3 Å². The Kier molecular flexibility index (Phi) is 5.20. The number of rotatable bonds is 3. The Hall–Kier alpha value is -2.87. The highest BCUT2D eigenvalue weighted by Crippen LogP contribution is 2.42. The molecule has 2 aromatic carbocycles. The Morgan fingerprint density at radius 2 is 1.84 bits per heavy atom. The molecule has 3 aliphatic rings. The van der Waals surface area contributed by atoms with Crippen LogP contribution in [-0.2, 0) is 11.2 Å². The van der Waals surface area contributed by atoms with Gasteiger partial charge in [-0.2, -0.15) is 0 Å². The van der Waals surface area contributed by atoms with Crippen LogP contribution in [0.15, 0.2) is 41.4 Å². The molecule has 1 atom stereocenters. The summed E-state index contributed by atoms with van der Waals surface area (Å²) in [4.78, 5) is 15.3. The highest BCUT2D eigenvalue weighted by atomic mass is 79.9. The van der Waals surface area contributed by atoms with E-state index in [1.165, 1.54) is 0 Å². The van der Waals surface area contributed by atoms with Gasteiger partial charge in [-0.25, -0.2) is 0 Å². The second kappa shape index (κ2) is 7.92. The Labute approximate surface area is 196 Å². The molecule has 3 heterocycles. The number of nitrogens with one attached hydrogen (secondary N) is 3. The molecular weight excluding hydrogens is 472 g/mol.